The van der Waals surface area contributed by atoms with Crippen molar-refractivity contribution in [2.75, 3.05) is 13.2 Å². The molecule has 4 N–H and O–H groups in total. The fourth-order valence-corrected chi connectivity index (χ4v) is 1.41. The smallest absolute Gasteiger partial charge is 0.137 e. The molecule has 1 aliphatic rings. The van der Waals surface area contributed by atoms with Gasteiger partial charge >= 0.3 is 0 Å². The van der Waals surface area contributed by atoms with Gasteiger partial charge in [-0.05, 0) is 13.0 Å². The van der Waals surface area contributed by atoms with E-state index in [2.05, 4.69) is 12.2 Å². The first-order valence-corrected chi connectivity index (χ1v) is 5.06. The molecule has 0 aromatic carbocycles. The number of ether oxygens (including phenoxy) is 1. The lowest BCUT2D eigenvalue weighted by molar-refractivity contribution is -0.195. The molecule has 0 aliphatic carbocycles. The minimum absolute atomic E-state index is 0.0576. The molecule has 0 bridgehead atoms. The van der Waals surface area contributed by atoms with Gasteiger partial charge < -0.3 is 20.1 Å². The molecule has 1 aliphatic heterocycles. The van der Waals surface area contributed by atoms with Crippen LogP contribution in [0.4, 0.5) is 0 Å². The van der Waals surface area contributed by atoms with E-state index in [4.69, 9.17) is 4.74 Å². The van der Waals surface area contributed by atoms with Gasteiger partial charge in [0, 0.05) is 0 Å². The van der Waals surface area contributed by atoms with Gasteiger partial charge in [-0.25, -0.2) is 0 Å². The summed E-state index contributed by atoms with van der Waals surface area (Å²) in [6.07, 6.45) is -1.70. The number of unbranched alkanes of at least 4 members (excludes halogenated alkanes) is 1. The highest BCUT2D eigenvalue weighted by molar-refractivity contribution is 4.85. The molecule has 4 atom stereocenters. The SMILES string of the molecule is CCCCNC1OCC(O)C(O)C1O. The lowest BCUT2D eigenvalue weighted by Crippen LogP contribution is -2.57. The molecule has 1 saturated heterocycles. The van der Waals surface area contributed by atoms with Crippen molar-refractivity contribution in [2.24, 2.45) is 0 Å². The molecule has 0 aromatic heterocycles. The Hall–Kier alpha value is -0.200. The summed E-state index contributed by atoms with van der Waals surface area (Å²) in [4.78, 5) is 0. The fourth-order valence-electron chi connectivity index (χ4n) is 1.41. The molecule has 1 rings (SSSR count). The summed E-state index contributed by atoms with van der Waals surface area (Å²) < 4.78 is 5.15. The van der Waals surface area contributed by atoms with Crippen LogP contribution in [-0.4, -0.2) is 53.0 Å². The second-order valence-corrected chi connectivity index (χ2v) is 3.61. The van der Waals surface area contributed by atoms with Crippen LogP contribution in [0.3, 0.4) is 0 Å². The van der Waals surface area contributed by atoms with Gasteiger partial charge in [-0.1, -0.05) is 13.3 Å². The Kier molecular flexibility index (Phi) is 4.77. The predicted molar refractivity (Wildman–Crippen MR) is 50.7 cm³/mol. The van der Waals surface area contributed by atoms with Crippen LogP contribution in [0, 0.1) is 0 Å². The number of nitrogens with one attached hydrogen (secondary N) is 1. The molecule has 1 fully saturated rings. The zero-order valence-corrected chi connectivity index (χ0v) is 8.39. The summed E-state index contributed by atoms with van der Waals surface area (Å²) in [6, 6.07) is 0. The first-order valence-electron chi connectivity index (χ1n) is 5.06. The molecule has 0 aromatic rings. The lowest BCUT2D eigenvalue weighted by atomic mass is 10.0. The van der Waals surface area contributed by atoms with Crippen LogP contribution >= 0.6 is 0 Å². The average Bonchev–Trinajstić information content (AvgIpc) is 2.18. The van der Waals surface area contributed by atoms with Gasteiger partial charge in [-0.3, -0.25) is 5.32 Å². The van der Waals surface area contributed by atoms with Gasteiger partial charge in [0.1, 0.15) is 24.5 Å². The molecule has 1 heterocycles. The Morgan fingerprint density at radius 2 is 2.00 bits per heavy atom. The van der Waals surface area contributed by atoms with Crippen LogP contribution in [0.25, 0.3) is 0 Å². The van der Waals surface area contributed by atoms with Gasteiger partial charge in [0.05, 0.1) is 6.61 Å². The van der Waals surface area contributed by atoms with E-state index >= 15 is 0 Å². The number of hydrogen-bond donors (Lipinski definition) is 4. The van der Waals surface area contributed by atoms with Crippen molar-refractivity contribution in [1.82, 2.24) is 5.32 Å². The van der Waals surface area contributed by atoms with Crippen molar-refractivity contribution in [3.05, 3.63) is 0 Å². The van der Waals surface area contributed by atoms with Gasteiger partial charge in [-0.15, -0.1) is 0 Å². The van der Waals surface area contributed by atoms with Crippen molar-refractivity contribution in [1.29, 1.82) is 0 Å². The van der Waals surface area contributed by atoms with Crippen LogP contribution < -0.4 is 5.32 Å². The van der Waals surface area contributed by atoms with Crippen LogP contribution in [-0.2, 0) is 4.74 Å². The summed E-state index contributed by atoms with van der Waals surface area (Å²) >= 11 is 0. The highest BCUT2D eigenvalue weighted by Crippen LogP contribution is 2.13. The normalized spacial score (nSPS) is 38.6. The van der Waals surface area contributed by atoms with E-state index in [1.54, 1.807) is 0 Å². The fraction of sp³-hybridized carbons (Fsp3) is 1.00. The maximum Gasteiger partial charge on any atom is 0.137 e. The number of rotatable bonds is 4. The van der Waals surface area contributed by atoms with Gasteiger partial charge in [0.25, 0.3) is 0 Å². The molecular weight excluding hydrogens is 186 g/mol. The van der Waals surface area contributed by atoms with Crippen molar-refractivity contribution >= 4 is 0 Å². The van der Waals surface area contributed by atoms with E-state index in [0.29, 0.717) is 0 Å². The first kappa shape index (κ1) is 11.9. The first-order chi connectivity index (χ1) is 6.66. The minimum Gasteiger partial charge on any atom is -0.388 e. The second-order valence-electron chi connectivity index (χ2n) is 3.61. The summed E-state index contributed by atoms with van der Waals surface area (Å²) in [5.41, 5.74) is 0. The molecule has 5 nitrogen and oxygen atoms in total. The summed E-state index contributed by atoms with van der Waals surface area (Å²) in [6.45, 7) is 2.86. The van der Waals surface area contributed by atoms with E-state index in [1.165, 1.54) is 0 Å². The molecule has 14 heavy (non-hydrogen) atoms. The Morgan fingerprint density at radius 1 is 1.29 bits per heavy atom. The number of aliphatic hydroxyl groups excluding tert-OH is 3. The third-order valence-electron chi connectivity index (χ3n) is 2.38. The van der Waals surface area contributed by atoms with Crippen molar-refractivity contribution in [3.8, 4) is 0 Å². The molecule has 4 unspecified atom stereocenters. The third kappa shape index (κ3) is 2.90. The second kappa shape index (κ2) is 5.63. The maximum atomic E-state index is 9.51. The molecule has 84 valence electrons. The van der Waals surface area contributed by atoms with E-state index in [0.717, 1.165) is 19.4 Å². The zero-order chi connectivity index (χ0) is 10.6. The molecule has 5 heteroatoms. The van der Waals surface area contributed by atoms with Crippen molar-refractivity contribution in [3.63, 3.8) is 0 Å². The maximum absolute atomic E-state index is 9.51. The summed E-state index contributed by atoms with van der Waals surface area (Å²) in [7, 11) is 0. The Labute approximate surface area is 83.7 Å². The van der Waals surface area contributed by atoms with Crippen molar-refractivity contribution < 1.29 is 20.1 Å². The molecule has 0 spiro atoms. The number of aliphatic hydroxyl groups is 3. The Bertz CT molecular complexity index is 167. The monoisotopic (exact) mass is 205 g/mol. The van der Waals surface area contributed by atoms with E-state index in [9.17, 15) is 15.3 Å². The molecule has 0 saturated carbocycles. The van der Waals surface area contributed by atoms with Crippen molar-refractivity contribution in [2.45, 2.75) is 44.3 Å². The minimum atomic E-state index is -1.12. The van der Waals surface area contributed by atoms with Crippen LogP contribution in [0.1, 0.15) is 19.8 Å². The zero-order valence-electron chi connectivity index (χ0n) is 8.39. The summed E-state index contributed by atoms with van der Waals surface area (Å²) in [5, 5.41) is 31.0. The highest BCUT2D eigenvalue weighted by Gasteiger charge is 2.36. The largest absolute Gasteiger partial charge is 0.388 e. The lowest BCUT2D eigenvalue weighted by Gasteiger charge is -2.35. The predicted octanol–water partition coefficient (Wildman–Crippen LogP) is -1.18. The Morgan fingerprint density at radius 3 is 2.64 bits per heavy atom. The van der Waals surface area contributed by atoms with Crippen LogP contribution in [0.5, 0.6) is 0 Å². The topological polar surface area (TPSA) is 82.0 Å². The molecule has 0 radical (unpaired) electrons. The number of hydrogen-bond acceptors (Lipinski definition) is 5. The Balaban J connectivity index is 2.31. The van der Waals surface area contributed by atoms with E-state index < -0.39 is 24.5 Å². The van der Waals surface area contributed by atoms with E-state index in [-0.39, 0.29) is 6.61 Å². The van der Waals surface area contributed by atoms with Crippen LogP contribution in [0.15, 0.2) is 0 Å². The van der Waals surface area contributed by atoms with Gasteiger partial charge in [-0.2, -0.15) is 0 Å². The standard InChI is InChI=1S/C9H19NO4/c1-2-3-4-10-9-8(13)7(12)6(11)5-14-9/h6-13H,2-5H2,1H3. The summed E-state index contributed by atoms with van der Waals surface area (Å²) in [5.74, 6) is 0. The third-order valence-corrected chi connectivity index (χ3v) is 2.38. The van der Waals surface area contributed by atoms with Crippen LogP contribution in [0.2, 0.25) is 0 Å². The molecular formula is C9H19NO4. The highest BCUT2D eigenvalue weighted by atomic mass is 16.5. The van der Waals surface area contributed by atoms with E-state index in [1.807, 2.05) is 0 Å². The average molecular weight is 205 g/mol. The van der Waals surface area contributed by atoms with Gasteiger partial charge in [0.15, 0.2) is 0 Å². The quantitative estimate of drug-likeness (QED) is 0.434. The van der Waals surface area contributed by atoms with Gasteiger partial charge in [0.2, 0.25) is 0 Å². The molecule has 0 amide bonds.